The minimum Gasteiger partial charge on any atom is -0.369 e. The SMILES string of the molecule is OC(C#Cc1ccccc1C#Cc1ccccc1)(c1ccccc1)c1ccccc1. The molecule has 0 radical (unpaired) electrons. The maximum absolute atomic E-state index is 11.6. The molecule has 142 valence electrons. The van der Waals surface area contributed by atoms with Gasteiger partial charge in [0, 0.05) is 27.8 Å². The summed E-state index contributed by atoms with van der Waals surface area (Å²) in [4.78, 5) is 0. The second-order valence-corrected chi connectivity index (χ2v) is 6.85. The van der Waals surface area contributed by atoms with Gasteiger partial charge in [-0.05, 0) is 24.3 Å². The molecule has 1 heteroatoms. The molecular formula is C29H20O. The van der Waals surface area contributed by atoms with E-state index < -0.39 is 5.60 Å². The minimum atomic E-state index is -1.41. The van der Waals surface area contributed by atoms with E-state index in [1.54, 1.807) is 0 Å². The zero-order chi connectivity index (χ0) is 20.7. The number of benzene rings is 4. The van der Waals surface area contributed by atoms with Gasteiger partial charge in [-0.25, -0.2) is 0 Å². The lowest BCUT2D eigenvalue weighted by Crippen LogP contribution is -2.25. The van der Waals surface area contributed by atoms with Crippen molar-refractivity contribution in [3.63, 3.8) is 0 Å². The van der Waals surface area contributed by atoms with Crippen LogP contribution in [0, 0.1) is 23.7 Å². The van der Waals surface area contributed by atoms with E-state index in [0.717, 1.165) is 27.8 Å². The number of aliphatic hydroxyl groups is 1. The summed E-state index contributed by atoms with van der Waals surface area (Å²) in [6, 6.07) is 36.7. The van der Waals surface area contributed by atoms with Gasteiger partial charge < -0.3 is 5.11 Å². The van der Waals surface area contributed by atoms with Crippen LogP contribution in [-0.2, 0) is 5.60 Å². The lowest BCUT2D eigenvalue weighted by Gasteiger charge is -2.23. The van der Waals surface area contributed by atoms with Gasteiger partial charge in [-0.15, -0.1) is 0 Å². The molecule has 0 heterocycles. The van der Waals surface area contributed by atoms with Crippen LogP contribution in [0.2, 0.25) is 0 Å². The average molecular weight is 384 g/mol. The number of hydrogen-bond donors (Lipinski definition) is 1. The molecule has 0 aliphatic carbocycles. The maximum atomic E-state index is 11.6. The van der Waals surface area contributed by atoms with E-state index in [2.05, 4.69) is 23.7 Å². The Kier molecular flexibility index (Phi) is 5.77. The van der Waals surface area contributed by atoms with Crippen LogP contribution in [0.25, 0.3) is 0 Å². The fraction of sp³-hybridized carbons (Fsp3) is 0.0345. The first kappa shape index (κ1) is 19.3. The van der Waals surface area contributed by atoms with E-state index in [1.165, 1.54) is 0 Å². The smallest absolute Gasteiger partial charge is 0.177 e. The topological polar surface area (TPSA) is 20.2 Å². The van der Waals surface area contributed by atoms with Gasteiger partial charge in [0.25, 0.3) is 0 Å². The van der Waals surface area contributed by atoms with Crippen LogP contribution in [0.4, 0.5) is 0 Å². The lowest BCUT2D eigenvalue weighted by atomic mass is 9.86. The van der Waals surface area contributed by atoms with Crippen molar-refractivity contribution in [2.45, 2.75) is 5.60 Å². The lowest BCUT2D eigenvalue weighted by molar-refractivity contribution is 0.145. The summed E-state index contributed by atoms with van der Waals surface area (Å²) in [6.07, 6.45) is 0. The predicted molar refractivity (Wildman–Crippen MR) is 122 cm³/mol. The van der Waals surface area contributed by atoms with E-state index in [4.69, 9.17) is 0 Å². The zero-order valence-corrected chi connectivity index (χ0v) is 16.4. The van der Waals surface area contributed by atoms with Crippen molar-refractivity contribution in [2.24, 2.45) is 0 Å². The van der Waals surface area contributed by atoms with Crippen LogP contribution in [0.3, 0.4) is 0 Å². The molecule has 4 aromatic rings. The summed E-state index contributed by atoms with van der Waals surface area (Å²) in [5, 5.41) is 11.6. The Morgan fingerprint density at radius 3 is 1.43 bits per heavy atom. The first-order valence-electron chi connectivity index (χ1n) is 9.78. The Balaban J connectivity index is 1.77. The summed E-state index contributed by atoms with van der Waals surface area (Å²) < 4.78 is 0. The number of rotatable bonds is 2. The van der Waals surface area contributed by atoms with Crippen molar-refractivity contribution < 1.29 is 5.11 Å². The van der Waals surface area contributed by atoms with Crippen LogP contribution in [0.15, 0.2) is 115 Å². The molecule has 0 spiro atoms. The van der Waals surface area contributed by atoms with Crippen LogP contribution < -0.4 is 0 Å². The molecule has 0 aliphatic heterocycles. The standard InChI is InChI=1S/C29H20O/c30-29(27-16-6-2-7-17-27,28-18-8-3-9-19-28)23-22-26-15-11-10-14-25(26)21-20-24-12-4-1-5-13-24/h1-19,30H. The second-order valence-electron chi connectivity index (χ2n) is 6.85. The number of hydrogen-bond acceptors (Lipinski definition) is 1. The molecule has 0 saturated heterocycles. The Bertz CT molecular complexity index is 1200. The molecule has 4 rings (SSSR count). The molecule has 0 fully saturated rings. The molecule has 0 bridgehead atoms. The van der Waals surface area contributed by atoms with Crippen LogP contribution >= 0.6 is 0 Å². The fourth-order valence-corrected chi connectivity index (χ4v) is 3.19. The third kappa shape index (κ3) is 4.34. The predicted octanol–water partition coefficient (Wildman–Crippen LogP) is 5.37. The average Bonchev–Trinajstić information content (AvgIpc) is 2.83. The Labute approximate surface area is 177 Å². The molecule has 0 unspecified atom stereocenters. The minimum absolute atomic E-state index is 0.733. The first-order valence-corrected chi connectivity index (χ1v) is 9.78. The van der Waals surface area contributed by atoms with Gasteiger partial charge in [0.2, 0.25) is 0 Å². The highest BCUT2D eigenvalue weighted by atomic mass is 16.3. The van der Waals surface area contributed by atoms with E-state index >= 15 is 0 Å². The van der Waals surface area contributed by atoms with Crippen molar-refractivity contribution >= 4 is 0 Å². The van der Waals surface area contributed by atoms with Crippen LogP contribution in [0.5, 0.6) is 0 Å². The van der Waals surface area contributed by atoms with E-state index in [9.17, 15) is 5.11 Å². The maximum Gasteiger partial charge on any atom is 0.177 e. The van der Waals surface area contributed by atoms with Gasteiger partial charge >= 0.3 is 0 Å². The monoisotopic (exact) mass is 384 g/mol. The molecule has 0 atom stereocenters. The third-order valence-electron chi connectivity index (χ3n) is 4.80. The van der Waals surface area contributed by atoms with Gasteiger partial charge in [-0.1, -0.05) is 115 Å². The summed E-state index contributed by atoms with van der Waals surface area (Å²) in [5.74, 6) is 12.7. The van der Waals surface area contributed by atoms with Gasteiger partial charge in [0.05, 0.1) is 0 Å². The normalized spacial score (nSPS) is 10.3. The van der Waals surface area contributed by atoms with Crippen molar-refractivity contribution in [2.75, 3.05) is 0 Å². The van der Waals surface area contributed by atoms with Crippen LogP contribution in [-0.4, -0.2) is 5.11 Å². The molecular weight excluding hydrogens is 364 g/mol. The summed E-state index contributed by atoms with van der Waals surface area (Å²) >= 11 is 0. The van der Waals surface area contributed by atoms with Crippen molar-refractivity contribution in [3.05, 3.63) is 143 Å². The van der Waals surface area contributed by atoms with Crippen LogP contribution in [0.1, 0.15) is 27.8 Å². The summed E-state index contributed by atoms with van der Waals surface area (Å²) in [7, 11) is 0. The highest BCUT2D eigenvalue weighted by molar-refractivity contribution is 5.55. The van der Waals surface area contributed by atoms with Gasteiger partial charge in [0.15, 0.2) is 5.60 Å². The Morgan fingerprint density at radius 1 is 0.467 bits per heavy atom. The Hall–Kier alpha value is -4.04. The molecule has 1 N–H and O–H groups in total. The molecule has 30 heavy (non-hydrogen) atoms. The fourth-order valence-electron chi connectivity index (χ4n) is 3.19. The summed E-state index contributed by atoms with van der Waals surface area (Å²) in [5.41, 5.74) is 2.62. The van der Waals surface area contributed by atoms with E-state index in [-0.39, 0.29) is 0 Å². The summed E-state index contributed by atoms with van der Waals surface area (Å²) in [6.45, 7) is 0. The zero-order valence-electron chi connectivity index (χ0n) is 16.4. The molecule has 4 aromatic carbocycles. The van der Waals surface area contributed by atoms with Crippen molar-refractivity contribution in [1.82, 2.24) is 0 Å². The molecule has 0 aromatic heterocycles. The van der Waals surface area contributed by atoms with Gasteiger partial charge in [-0.3, -0.25) is 0 Å². The highest BCUT2D eigenvalue weighted by Gasteiger charge is 2.29. The Morgan fingerprint density at radius 2 is 0.900 bits per heavy atom. The first-order chi connectivity index (χ1) is 14.8. The highest BCUT2D eigenvalue weighted by Crippen LogP contribution is 2.29. The largest absolute Gasteiger partial charge is 0.369 e. The molecule has 1 nitrogen and oxygen atoms in total. The van der Waals surface area contributed by atoms with Crippen molar-refractivity contribution in [3.8, 4) is 23.7 Å². The van der Waals surface area contributed by atoms with Gasteiger partial charge in [0.1, 0.15) is 0 Å². The molecule has 0 aliphatic rings. The van der Waals surface area contributed by atoms with E-state index in [1.807, 2.05) is 115 Å². The van der Waals surface area contributed by atoms with E-state index in [0.29, 0.717) is 0 Å². The second kappa shape index (κ2) is 8.97. The third-order valence-corrected chi connectivity index (χ3v) is 4.80. The quantitative estimate of drug-likeness (QED) is 0.461. The molecule has 0 saturated carbocycles. The van der Waals surface area contributed by atoms with Crippen molar-refractivity contribution in [1.29, 1.82) is 0 Å². The molecule has 0 amide bonds. The van der Waals surface area contributed by atoms with Gasteiger partial charge in [-0.2, -0.15) is 0 Å².